The molecule has 0 unspecified atom stereocenters. The number of fused-ring (bicyclic) bond motifs is 1. The number of nitrogens with two attached hydrogens (primary N) is 1. The van der Waals surface area contributed by atoms with Crippen molar-refractivity contribution in [3.63, 3.8) is 0 Å². The van der Waals surface area contributed by atoms with Crippen LogP contribution in [0.5, 0.6) is 0 Å². The van der Waals surface area contributed by atoms with Crippen molar-refractivity contribution in [3.05, 3.63) is 105 Å². The van der Waals surface area contributed by atoms with Gasteiger partial charge in [-0.05, 0) is 49.9 Å². The minimum Gasteiger partial charge on any atom is -0.385 e. The third-order valence-corrected chi connectivity index (χ3v) is 6.58. The maximum Gasteiger partial charge on any atom is 0.281 e. The summed E-state index contributed by atoms with van der Waals surface area (Å²) < 4.78 is 3.30. The highest BCUT2D eigenvalue weighted by atomic mass is 16.2. The summed E-state index contributed by atoms with van der Waals surface area (Å²) >= 11 is 0. The van der Waals surface area contributed by atoms with Gasteiger partial charge in [-0.2, -0.15) is 4.68 Å². The Balaban J connectivity index is 1.70. The van der Waals surface area contributed by atoms with Gasteiger partial charge in [0.25, 0.3) is 11.5 Å². The van der Waals surface area contributed by atoms with Crippen molar-refractivity contribution in [2.45, 2.75) is 26.7 Å². The first-order chi connectivity index (χ1) is 16.5. The summed E-state index contributed by atoms with van der Waals surface area (Å²) in [6.45, 7) is 3.62. The van der Waals surface area contributed by atoms with Crippen molar-refractivity contribution in [3.8, 4) is 0 Å². The summed E-state index contributed by atoms with van der Waals surface area (Å²) in [5.74, 6) is 0.696. The molecule has 1 aliphatic heterocycles. The topological polar surface area (TPSA) is 86.2 Å². The number of aromatic nitrogens is 3. The number of nitrogen functional groups attached to an aromatic ring is 1. The van der Waals surface area contributed by atoms with Crippen LogP contribution in [-0.4, -0.2) is 20.1 Å². The predicted molar refractivity (Wildman–Crippen MR) is 134 cm³/mol. The van der Waals surface area contributed by atoms with Crippen molar-refractivity contribution in [1.29, 1.82) is 0 Å². The molecule has 3 heterocycles. The molecule has 2 N–H and O–H groups in total. The summed E-state index contributed by atoms with van der Waals surface area (Å²) in [5, 5.41) is 1.89. The number of hydrogen-bond acceptors (Lipinski definition) is 4. The Labute approximate surface area is 196 Å². The summed E-state index contributed by atoms with van der Waals surface area (Å²) in [4.78, 5) is 32.4. The van der Waals surface area contributed by atoms with Gasteiger partial charge in [0, 0.05) is 5.56 Å². The molecule has 0 saturated heterocycles. The van der Waals surface area contributed by atoms with Gasteiger partial charge in [-0.1, -0.05) is 48.5 Å². The van der Waals surface area contributed by atoms with E-state index in [4.69, 9.17) is 5.73 Å². The van der Waals surface area contributed by atoms with Crippen LogP contribution in [0.2, 0.25) is 0 Å². The molecule has 4 aromatic rings. The van der Waals surface area contributed by atoms with Crippen molar-refractivity contribution >= 4 is 33.9 Å². The van der Waals surface area contributed by atoms with Crippen LogP contribution in [0.3, 0.4) is 0 Å². The average Bonchev–Trinajstić information content (AvgIpc) is 3.09. The lowest BCUT2D eigenvalue weighted by molar-refractivity contribution is -0.114. The van der Waals surface area contributed by atoms with Crippen molar-refractivity contribution in [2.75, 3.05) is 10.7 Å². The maximum atomic E-state index is 14.0. The van der Waals surface area contributed by atoms with E-state index in [1.54, 1.807) is 13.1 Å². The Bertz CT molecular complexity index is 1620. The number of amides is 1. The highest BCUT2D eigenvalue weighted by Crippen LogP contribution is 2.38. The number of allylic oxidation sites excluding steroid dienone is 1. The number of carbonyl (C=O) groups is 1. The molecule has 34 heavy (non-hydrogen) atoms. The van der Waals surface area contributed by atoms with Crippen LogP contribution < -0.4 is 16.3 Å². The fraction of sp³-hybridized carbons (Fsp3) is 0.148. The van der Waals surface area contributed by atoms with Gasteiger partial charge in [0.15, 0.2) is 0 Å². The van der Waals surface area contributed by atoms with Gasteiger partial charge in [-0.3, -0.25) is 14.2 Å². The van der Waals surface area contributed by atoms with Gasteiger partial charge in [-0.15, -0.1) is 0 Å². The Kier molecular flexibility index (Phi) is 4.35. The molecule has 2 aromatic heterocycles. The Hall–Kier alpha value is -4.39. The smallest absolute Gasteiger partial charge is 0.281 e. The van der Waals surface area contributed by atoms with Gasteiger partial charge < -0.3 is 5.73 Å². The Morgan fingerprint density at radius 1 is 1.00 bits per heavy atom. The zero-order valence-corrected chi connectivity index (χ0v) is 18.9. The molecular weight excluding hydrogens is 426 g/mol. The van der Waals surface area contributed by atoms with Crippen LogP contribution in [0, 0.1) is 13.8 Å². The minimum atomic E-state index is -0.286. The molecule has 0 atom stereocenters. The second kappa shape index (κ2) is 7.31. The largest absolute Gasteiger partial charge is 0.385 e. The number of benzene rings is 2. The maximum absolute atomic E-state index is 14.0. The molecule has 0 saturated carbocycles. The highest BCUT2D eigenvalue weighted by molar-refractivity contribution is 6.26. The molecule has 0 spiro atoms. The number of rotatable bonds is 2. The Morgan fingerprint density at radius 3 is 2.59 bits per heavy atom. The molecule has 6 rings (SSSR count). The molecule has 7 heteroatoms. The molecule has 1 aliphatic carbocycles. The average molecular weight is 450 g/mol. The summed E-state index contributed by atoms with van der Waals surface area (Å²) in [6, 6.07) is 17.3. The molecule has 1 amide bonds. The number of aryl methyl sites for hydroxylation is 3. The molecule has 0 bridgehead atoms. The van der Waals surface area contributed by atoms with E-state index in [-0.39, 0.29) is 11.5 Å². The van der Waals surface area contributed by atoms with Gasteiger partial charge in [0.05, 0.1) is 34.1 Å². The molecule has 168 valence electrons. The van der Waals surface area contributed by atoms with E-state index in [1.165, 1.54) is 9.69 Å². The quantitative estimate of drug-likeness (QED) is 0.505. The molecule has 7 nitrogen and oxygen atoms in total. The van der Waals surface area contributed by atoms with E-state index >= 15 is 0 Å². The fourth-order valence-electron chi connectivity index (χ4n) is 5.05. The van der Waals surface area contributed by atoms with E-state index in [0.29, 0.717) is 33.8 Å². The van der Waals surface area contributed by atoms with Crippen LogP contribution in [0.25, 0.3) is 22.2 Å². The van der Waals surface area contributed by atoms with E-state index in [9.17, 15) is 9.59 Å². The second-order valence-corrected chi connectivity index (χ2v) is 8.71. The third kappa shape index (κ3) is 2.80. The monoisotopic (exact) mass is 449 g/mol. The first-order valence-corrected chi connectivity index (χ1v) is 11.3. The fourth-order valence-corrected chi connectivity index (χ4v) is 5.05. The van der Waals surface area contributed by atoms with E-state index in [1.807, 2.05) is 72.2 Å². The highest BCUT2D eigenvalue weighted by Gasteiger charge is 2.34. The number of carbonyl (C=O) groups excluding carboxylic acids is 1. The van der Waals surface area contributed by atoms with Crippen molar-refractivity contribution in [1.82, 2.24) is 14.2 Å². The van der Waals surface area contributed by atoms with E-state index in [2.05, 4.69) is 4.98 Å². The van der Waals surface area contributed by atoms with Crippen LogP contribution in [-0.2, 0) is 11.2 Å². The molecule has 0 fully saturated rings. The van der Waals surface area contributed by atoms with Crippen LogP contribution >= 0.6 is 0 Å². The molecule has 0 radical (unpaired) electrons. The zero-order chi connectivity index (χ0) is 23.6. The van der Waals surface area contributed by atoms with Gasteiger partial charge in [0.1, 0.15) is 11.6 Å². The van der Waals surface area contributed by atoms with E-state index in [0.717, 1.165) is 35.2 Å². The standard InChI is InChI=1S/C27H23N5O2/c1-16-8-6-13-21-24(16)27(34)32(17(2)29-21)30-15-22(18-9-4-3-5-10-18)31-23(28)14-19-11-7-12-20(25(19)31)26(30)33/h3-6,8-10,12-15H,7,11,28H2,1-2H3. The normalized spacial score (nSPS) is 15.1. The number of hydrogen-bond donors (Lipinski definition) is 1. The second-order valence-electron chi connectivity index (χ2n) is 8.71. The lowest BCUT2D eigenvalue weighted by atomic mass is 9.96. The molecule has 2 aliphatic rings. The summed E-state index contributed by atoms with van der Waals surface area (Å²) in [7, 11) is 0. The zero-order valence-electron chi connectivity index (χ0n) is 18.9. The van der Waals surface area contributed by atoms with Crippen LogP contribution in [0.1, 0.15) is 34.6 Å². The van der Waals surface area contributed by atoms with Gasteiger partial charge in [-0.25, -0.2) is 9.99 Å². The first kappa shape index (κ1) is 20.2. The number of nitrogens with zero attached hydrogens (tertiary/aromatic N) is 4. The lowest BCUT2D eigenvalue weighted by Crippen LogP contribution is -2.44. The minimum absolute atomic E-state index is 0.284. The van der Waals surface area contributed by atoms with Gasteiger partial charge >= 0.3 is 0 Å². The molecular formula is C27H23N5O2. The first-order valence-electron chi connectivity index (χ1n) is 11.3. The summed E-state index contributed by atoms with van der Waals surface area (Å²) in [6.07, 6.45) is 5.18. The van der Waals surface area contributed by atoms with Crippen LogP contribution in [0.15, 0.2) is 71.7 Å². The Morgan fingerprint density at radius 2 is 1.79 bits per heavy atom. The SMILES string of the molecule is Cc1cccc2nc(C)n(N3C=C(c4ccccc4)n4c(N)cc5c4C(=CCC5)C3=O)c(=O)c12. The number of anilines is 1. The van der Waals surface area contributed by atoms with E-state index < -0.39 is 0 Å². The van der Waals surface area contributed by atoms with Gasteiger partial charge in [0.2, 0.25) is 0 Å². The van der Waals surface area contributed by atoms with Crippen LogP contribution in [0.4, 0.5) is 5.82 Å². The predicted octanol–water partition coefficient (Wildman–Crippen LogP) is 3.75. The summed E-state index contributed by atoms with van der Waals surface area (Å²) in [5.41, 5.74) is 11.6. The third-order valence-electron chi connectivity index (χ3n) is 6.58. The van der Waals surface area contributed by atoms with Crippen molar-refractivity contribution in [2.24, 2.45) is 0 Å². The molecule has 2 aromatic carbocycles. The lowest BCUT2D eigenvalue weighted by Gasteiger charge is -2.24. The van der Waals surface area contributed by atoms with Crippen molar-refractivity contribution < 1.29 is 4.79 Å².